The largest absolute Gasteiger partial charge is 0.371 e. The Morgan fingerprint density at radius 1 is 1.47 bits per heavy atom. The Morgan fingerprint density at radius 2 is 2.24 bits per heavy atom. The Balaban J connectivity index is 1.89. The van der Waals surface area contributed by atoms with Crippen molar-refractivity contribution in [3.63, 3.8) is 0 Å². The van der Waals surface area contributed by atoms with Crippen LogP contribution in [0.2, 0.25) is 0 Å². The number of methoxy groups -OCH3 is 1. The minimum Gasteiger partial charge on any atom is -0.371 e. The van der Waals surface area contributed by atoms with Crippen LogP contribution in [0.5, 0.6) is 0 Å². The zero-order chi connectivity index (χ0) is 12.3. The molecule has 1 unspecified atom stereocenters. The second-order valence-corrected chi connectivity index (χ2v) is 5.83. The van der Waals surface area contributed by atoms with E-state index in [1.807, 2.05) is 0 Å². The summed E-state index contributed by atoms with van der Waals surface area (Å²) in [5.74, 6) is 0. The van der Waals surface area contributed by atoms with Crippen LogP contribution in [-0.4, -0.2) is 29.9 Å². The van der Waals surface area contributed by atoms with Crippen LogP contribution < -0.4 is 5.32 Å². The van der Waals surface area contributed by atoms with Crippen molar-refractivity contribution in [2.45, 2.75) is 51.2 Å². The summed E-state index contributed by atoms with van der Waals surface area (Å²) in [6.45, 7) is 5.19. The predicted molar refractivity (Wildman–Crippen MR) is 69.3 cm³/mol. The molecule has 2 rings (SSSR count). The average molecular weight is 255 g/mol. The number of rotatable bonds is 7. The molecular weight excluding hydrogens is 234 g/mol. The molecule has 5 heteroatoms. The zero-order valence-corrected chi connectivity index (χ0v) is 11.6. The highest BCUT2D eigenvalue weighted by Gasteiger charge is 2.28. The lowest BCUT2D eigenvalue weighted by molar-refractivity contribution is -0.00207. The van der Waals surface area contributed by atoms with Crippen LogP contribution in [0, 0.1) is 0 Å². The quantitative estimate of drug-likeness (QED) is 0.810. The molecule has 4 nitrogen and oxygen atoms in total. The van der Waals surface area contributed by atoms with E-state index in [0.717, 1.165) is 35.4 Å². The molecule has 0 spiro atoms. The van der Waals surface area contributed by atoms with Crippen molar-refractivity contribution >= 4 is 11.3 Å². The zero-order valence-electron chi connectivity index (χ0n) is 10.8. The molecule has 1 aromatic rings. The van der Waals surface area contributed by atoms with Gasteiger partial charge in [0.2, 0.25) is 0 Å². The Morgan fingerprint density at radius 3 is 2.82 bits per heavy atom. The van der Waals surface area contributed by atoms with Crippen molar-refractivity contribution in [2.24, 2.45) is 0 Å². The number of hydrogen-bond donors (Lipinski definition) is 1. The van der Waals surface area contributed by atoms with Gasteiger partial charge in [0.15, 0.2) is 0 Å². The van der Waals surface area contributed by atoms with Crippen LogP contribution in [0.3, 0.4) is 0 Å². The predicted octanol–water partition coefficient (Wildman–Crippen LogP) is 2.10. The SMILES string of the molecule is CCC(C)(OC)c1nnc(CCNC2CC2)s1. The Hall–Kier alpha value is -0.520. The normalized spacial score (nSPS) is 19.2. The highest BCUT2D eigenvalue weighted by atomic mass is 32.1. The van der Waals surface area contributed by atoms with E-state index < -0.39 is 0 Å². The number of nitrogens with zero attached hydrogens (tertiary/aromatic N) is 2. The van der Waals surface area contributed by atoms with E-state index >= 15 is 0 Å². The summed E-state index contributed by atoms with van der Waals surface area (Å²) in [5, 5.41) is 14.1. The van der Waals surface area contributed by atoms with Crippen LogP contribution in [0.15, 0.2) is 0 Å². The van der Waals surface area contributed by atoms with Crippen molar-refractivity contribution in [2.75, 3.05) is 13.7 Å². The second-order valence-electron chi connectivity index (χ2n) is 4.77. The second kappa shape index (κ2) is 5.42. The van der Waals surface area contributed by atoms with Crippen LogP contribution in [-0.2, 0) is 16.8 Å². The van der Waals surface area contributed by atoms with Gasteiger partial charge in [-0.15, -0.1) is 10.2 Å². The molecule has 1 aliphatic carbocycles. The molecule has 1 heterocycles. The molecular formula is C12H21N3OS. The van der Waals surface area contributed by atoms with Gasteiger partial charge in [-0.2, -0.15) is 0 Å². The van der Waals surface area contributed by atoms with Crippen LogP contribution in [0.25, 0.3) is 0 Å². The lowest BCUT2D eigenvalue weighted by atomic mass is 10.1. The summed E-state index contributed by atoms with van der Waals surface area (Å²) < 4.78 is 5.53. The maximum Gasteiger partial charge on any atom is 0.149 e. The molecule has 1 aliphatic rings. The number of hydrogen-bond acceptors (Lipinski definition) is 5. The van der Waals surface area contributed by atoms with E-state index in [1.165, 1.54) is 12.8 Å². The third-order valence-corrected chi connectivity index (χ3v) is 4.62. The Kier molecular flexibility index (Phi) is 4.12. The minimum absolute atomic E-state index is 0.278. The number of ether oxygens (including phenoxy) is 1. The lowest BCUT2D eigenvalue weighted by Crippen LogP contribution is -2.22. The van der Waals surface area contributed by atoms with Crippen molar-refractivity contribution in [3.05, 3.63) is 10.0 Å². The monoisotopic (exact) mass is 255 g/mol. The highest BCUT2D eigenvalue weighted by Crippen LogP contribution is 2.30. The van der Waals surface area contributed by atoms with Gasteiger partial charge in [0.25, 0.3) is 0 Å². The number of aromatic nitrogens is 2. The van der Waals surface area contributed by atoms with Crippen LogP contribution >= 0.6 is 11.3 Å². The van der Waals surface area contributed by atoms with Crippen LogP contribution in [0.1, 0.15) is 43.1 Å². The van der Waals surface area contributed by atoms with Crippen molar-refractivity contribution in [1.82, 2.24) is 15.5 Å². The maximum absolute atomic E-state index is 5.53. The van der Waals surface area contributed by atoms with Crippen LogP contribution in [0.4, 0.5) is 0 Å². The first-order chi connectivity index (χ1) is 8.18. The lowest BCUT2D eigenvalue weighted by Gasteiger charge is -2.22. The van der Waals surface area contributed by atoms with Gasteiger partial charge in [0, 0.05) is 26.1 Å². The number of nitrogens with one attached hydrogen (secondary N) is 1. The molecule has 0 bridgehead atoms. The minimum atomic E-state index is -0.278. The summed E-state index contributed by atoms with van der Waals surface area (Å²) in [6.07, 6.45) is 4.55. The van der Waals surface area contributed by atoms with Gasteiger partial charge in [-0.1, -0.05) is 18.3 Å². The molecule has 0 aromatic carbocycles. The average Bonchev–Trinajstić information content (AvgIpc) is 3.05. The Bertz CT molecular complexity index is 358. The molecule has 1 N–H and O–H groups in total. The molecule has 0 aliphatic heterocycles. The topological polar surface area (TPSA) is 47.0 Å². The van der Waals surface area contributed by atoms with E-state index in [0.29, 0.717) is 0 Å². The molecule has 1 atom stereocenters. The first kappa shape index (κ1) is 12.9. The van der Waals surface area contributed by atoms with E-state index in [2.05, 4.69) is 29.4 Å². The molecule has 1 fully saturated rings. The fourth-order valence-electron chi connectivity index (χ4n) is 1.62. The van der Waals surface area contributed by atoms with Crippen molar-refractivity contribution < 1.29 is 4.74 Å². The standard InChI is InChI=1S/C12H21N3OS/c1-4-12(2,16-3)11-15-14-10(17-11)7-8-13-9-5-6-9/h9,13H,4-8H2,1-3H3. The smallest absolute Gasteiger partial charge is 0.149 e. The summed E-state index contributed by atoms with van der Waals surface area (Å²) in [6, 6.07) is 0.766. The van der Waals surface area contributed by atoms with Crippen molar-refractivity contribution in [1.29, 1.82) is 0 Å². The molecule has 0 saturated heterocycles. The Labute approximate surface area is 107 Å². The van der Waals surface area contributed by atoms with E-state index in [1.54, 1.807) is 18.4 Å². The molecule has 1 aromatic heterocycles. The van der Waals surface area contributed by atoms with Gasteiger partial charge in [-0.25, -0.2) is 0 Å². The summed E-state index contributed by atoms with van der Waals surface area (Å²) >= 11 is 1.67. The van der Waals surface area contributed by atoms with E-state index in [4.69, 9.17) is 4.74 Å². The molecule has 0 radical (unpaired) electrons. The van der Waals surface area contributed by atoms with Crippen molar-refractivity contribution in [3.8, 4) is 0 Å². The third kappa shape index (κ3) is 3.24. The van der Waals surface area contributed by atoms with Gasteiger partial charge in [-0.3, -0.25) is 0 Å². The van der Waals surface area contributed by atoms with E-state index in [9.17, 15) is 0 Å². The third-order valence-electron chi connectivity index (χ3n) is 3.39. The highest BCUT2D eigenvalue weighted by molar-refractivity contribution is 7.11. The van der Waals surface area contributed by atoms with Gasteiger partial charge < -0.3 is 10.1 Å². The molecule has 96 valence electrons. The molecule has 17 heavy (non-hydrogen) atoms. The molecule has 1 saturated carbocycles. The van der Waals surface area contributed by atoms with Gasteiger partial charge >= 0.3 is 0 Å². The first-order valence-corrected chi connectivity index (χ1v) is 7.11. The van der Waals surface area contributed by atoms with Gasteiger partial charge in [0.1, 0.15) is 15.6 Å². The molecule has 0 amide bonds. The summed E-state index contributed by atoms with van der Waals surface area (Å²) in [5.41, 5.74) is -0.278. The van der Waals surface area contributed by atoms with Gasteiger partial charge in [-0.05, 0) is 26.2 Å². The first-order valence-electron chi connectivity index (χ1n) is 6.29. The van der Waals surface area contributed by atoms with Gasteiger partial charge in [0.05, 0.1) is 0 Å². The maximum atomic E-state index is 5.53. The summed E-state index contributed by atoms with van der Waals surface area (Å²) in [4.78, 5) is 0. The fourth-order valence-corrected chi connectivity index (χ4v) is 2.66. The fraction of sp³-hybridized carbons (Fsp3) is 0.833. The van der Waals surface area contributed by atoms with E-state index in [-0.39, 0.29) is 5.60 Å². The summed E-state index contributed by atoms with van der Waals surface area (Å²) in [7, 11) is 1.74.